The van der Waals surface area contributed by atoms with Crippen LogP contribution in [0, 0.1) is 11.3 Å². The van der Waals surface area contributed by atoms with E-state index < -0.39 is 0 Å². The van der Waals surface area contributed by atoms with E-state index in [9.17, 15) is 10.1 Å². The van der Waals surface area contributed by atoms with Gasteiger partial charge in [0.15, 0.2) is 17.3 Å². The highest BCUT2D eigenvalue weighted by Gasteiger charge is 2.30. The number of likely N-dealkylation sites (N-methyl/N-ethyl adjacent to an activating group) is 1. The van der Waals surface area contributed by atoms with Crippen molar-refractivity contribution in [1.82, 2.24) is 25.3 Å². The number of aliphatic hydroxyl groups excluding tert-OH is 1. The van der Waals surface area contributed by atoms with Crippen LogP contribution in [0.25, 0.3) is 11.5 Å². The summed E-state index contributed by atoms with van der Waals surface area (Å²) in [6, 6.07) is 4.51. The molecule has 4 heterocycles. The molecule has 3 atom stereocenters. The number of nitriles is 1. The zero-order valence-corrected chi connectivity index (χ0v) is 33.6. The summed E-state index contributed by atoms with van der Waals surface area (Å²) in [5.41, 5.74) is 10.0. The van der Waals surface area contributed by atoms with Gasteiger partial charge in [-0.25, -0.2) is 9.98 Å². The SMILES string of the molecule is CC.CCNc1sc2c(c1C#N)[C@H](CCCc1conc1-c1nc(/N=C/C=C(\N)CC(=O)NC(C)C)cc(O[C@@H](C)C3CCCN3C)n1)CCC2.CO. The maximum atomic E-state index is 12.1. The highest BCUT2D eigenvalue weighted by molar-refractivity contribution is 7.16. The minimum Gasteiger partial charge on any atom is -0.473 e. The number of anilines is 1. The largest absolute Gasteiger partial charge is 0.473 e. The topological polar surface area (TPSA) is 188 Å². The van der Waals surface area contributed by atoms with Crippen LogP contribution in [0.4, 0.5) is 10.8 Å². The predicted octanol–water partition coefficient (Wildman–Crippen LogP) is 6.90. The van der Waals surface area contributed by atoms with Gasteiger partial charge in [-0.1, -0.05) is 19.0 Å². The number of likely N-dealkylation sites (tertiary alicyclic amines) is 1. The molecule has 1 amide bonds. The quantitative estimate of drug-likeness (QED) is 0.118. The first-order valence-corrected chi connectivity index (χ1v) is 19.7. The molecule has 5 rings (SSSR count). The van der Waals surface area contributed by atoms with E-state index in [2.05, 4.69) is 52.6 Å². The van der Waals surface area contributed by atoms with Gasteiger partial charge in [0.05, 0.1) is 12.0 Å². The van der Waals surface area contributed by atoms with E-state index in [0.29, 0.717) is 34.8 Å². The van der Waals surface area contributed by atoms with Crippen molar-refractivity contribution >= 4 is 34.3 Å². The molecule has 290 valence electrons. The van der Waals surface area contributed by atoms with Gasteiger partial charge in [-0.2, -0.15) is 10.2 Å². The average Bonchev–Trinajstić information content (AvgIpc) is 3.88. The average molecular weight is 750 g/mol. The van der Waals surface area contributed by atoms with E-state index in [1.54, 1.807) is 29.7 Å². The van der Waals surface area contributed by atoms with E-state index >= 15 is 0 Å². The van der Waals surface area contributed by atoms with Crippen LogP contribution in [0.15, 0.2) is 33.6 Å². The number of carbonyl (C=O) groups excluding carboxylic acids is 1. The third-order valence-corrected chi connectivity index (χ3v) is 10.3. The van der Waals surface area contributed by atoms with Crippen LogP contribution in [0.5, 0.6) is 5.88 Å². The second-order valence-corrected chi connectivity index (χ2v) is 14.4. The number of fused-ring (bicyclic) bond motifs is 1. The van der Waals surface area contributed by atoms with Crippen molar-refractivity contribution in [2.45, 2.75) is 123 Å². The van der Waals surface area contributed by atoms with Gasteiger partial charge in [-0.15, -0.1) is 11.3 Å². The van der Waals surface area contributed by atoms with Gasteiger partial charge in [0.1, 0.15) is 23.4 Å². The fourth-order valence-electron chi connectivity index (χ4n) is 6.87. The molecule has 0 saturated carbocycles. The highest BCUT2D eigenvalue weighted by atomic mass is 32.1. The zero-order chi connectivity index (χ0) is 38.9. The van der Waals surface area contributed by atoms with Crippen molar-refractivity contribution in [2.75, 3.05) is 32.6 Å². The Morgan fingerprint density at radius 2 is 2.04 bits per heavy atom. The van der Waals surface area contributed by atoms with Gasteiger partial charge in [0.2, 0.25) is 11.8 Å². The second kappa shape index (κ2) is 22.0. The van der Waals surface area contributed by atoms with E-state index in [1.807, 2.05) is 27.7 Å². The minimum atomic E-state index is -0.149. The molecule has 1 aliphatic carbocycles. The molecule has 14 heteroatoms. The third kappa shape index (κ3) is 12.1. The fraction of sp³-hybridized carbons (Fsp3) is 0.590. The number of aryl methyl sites for hydroxylation is 2. The molecule has 5 N–H and O–H groups in total. The fourth-order valence-corrected chi connectivity index (χ4v) is 8.22. The summed E-state index contributed by atoms with van der Waals surface area (Å²) in [5.74, 6) is 1.36. The summed E-state index contributed by atoms with van der Waals surface area (Å²) in [6.45, 7) is 13.8. The van der Waals surface area contributed by atoms with E-state index in [0.717, 1.165) is 87.7 Å². The third-order valence-electron chi connectivity index (χ3n) is 9.11. The molecule has 1 fully saturated rings. The number of aromatic nitrogens is 3. The second-order valence-electron chi connectivity index (χ2n) is 13.3. The standard InChI is InChI=1S/C36H49N9O3S.C2H6.CH4O/c1-6-39-36-27(20-37)33-24(11-8-14-29(33)49-36)10-7-12-25-21-47-44-34(25)35-42-30(40-16-15-26(38)18-31(46)41-22(2)3)19-32(43-35)48-23(4)28-13-9-17-45(28)5;2*1-2/h15-16,19,21-24,28,39H,6-14,17-18,38H2,1-5H3,(H,41,46);1-2H3;2H,1H3/b26-15-,40-16+;;/t23-,24+,28?;;/m0../s1. The minimum absolute atomic E-state index is 0.0356. The lowest BCUT2D eigenvalue weighted by atomic mass is 9.82. The molecule has 2 aliphatic rings. The van der Waals surface area contributed by atoms with Crippen molar-refractivity contribution in [1.29, 1.82) is 5.26 Å². The maximum Gasteiger partial charge on any atom is 0.226 e. The molecule has 13 nitrogen and oxygen atoms in total. The molecule has 3 aromatic rings. The summed E-state index contributed by atoms with van der Waals surface area (Å²) >= 11 is 1.74. The van der Waals surface area contributed by atoms with Crippen molar-refractivity contribution < 1.29 is 19.2 Å². The summed E-state index contributed by atoms with van der Waals surface area (Å²) in [7, 11) is 3.12. The Kier molecular flexibility index (Phi) is 17.9. The monoisotopic (exact) mass is 749 g/mol. The van der Waals surface area contributed by atoms with Crippen LogP contribution in [0.2, 0.25) is 0 Å². The van der Waals surface area contributed by atoms with Crippen LogP contribution < -0.4 is 21.1 Å². The van der Waals surface area contributed by atoms with Crippen LogP contribution in [-0.4, -0.2) is 82.7 Å². The first kappa shape index (κ1) is 43.1. The van der Waals surface area contributed by atoms with Crippen LogP contribution in [-0.2, 0) is 17.6 Å². The Morgan fingerprint density at radius 3 is 2.72 bits per heavy atom. The molecule has 3 aromatic heterocycles. The van der Waals surface area contributed by atoms with Crippen LogP contribution in [0.3, 0.4) is 0 Å². The first-order chi connectivity index (χ1) is 25.7. The number of rotatable bonds is 15. The number of allylic oxidation sites excluding steroid dienone is 1. The Bertz CT molecular complexity index is 1690. The van der Waals surface area contributed by atoms with E-state index in [1.165, 1.54) is 16.7 Å². The number of nitrogens with two attached hydrogens (primary N) is 1. The Balaban J connectivity index is 0.00000183. The van der Waals surface area contributed by atoms with Gasteiger partial charge in [0, 0.05) is 54.2 Å². The van der Waals surface area contributed by atoms with E-state index in [4.69, 9.17) is 30.1 Å². The number of aliphatic imine (C=N–C) groups is 1. The highest BCUT2D eigenvalue weighted by Crippen LogP contribution is 2.45. The smallest absolute Gasteiger partial charge is 0.226 e. The number of carbonyl (C=O) groups is 1. The zero-order valence-electron chi connectivity index (χ0n) is 32.7. The van der Waals surface area contributed by atoms with Crippen molar-refractivity contribution in [3.8, 4) is 23.5 Å². The number of nitrogens with zero attached hydrogens (tertiary/aromatic N) is 6. The predicted molar refractivity (Wildman–Crippen MR) is 213 cm³/mol. The lowest BCUT2D eigenvalue weighted by Crippen LogP contribution is -2.38. The Hall–Kier alpha value is -4.32. The number of nitrogens with one attached hydrogen (secondary N) is 2. The molecule has 0 bridgehead atoms. The maximum absolute atomic E-state index is 12.1. The lowest BCUT2D eigenvalue weighted by Gasteiger charge is -2.26. The lowest BCUT2D eigenvalue weighted by molar-refractivity contribution is -0.120. The number of ether oxygens (including phenoxy) is 1. The molecule has 1 unspecified atom stereocenters. The van der Waals surface area contributed by atoms with Gasteiger partial charge in [-0.3, -0.25) is 9.69 Å². The molecular weight excluding hydrogens is 691 g/mol. The number of thiophene rings is 1. The number of hydrogen-bond donors (Lipinski definition) is 4. The molecule has 1 aliphatic heterocycles. The number of amides is 1. The van der Waals surface area contributed by atoms with Gasteiger partial charge in [-0.05, 0) is 110 Å². The van der Waals surface area contributed by atoms with Crippen LogP contribution in [0.1, 0.15) is 114 Å². The van der Waals surface area contributed by atoms with Gasteiger partial charge < -0.3 is 30.7 Å². The molecule has 1 saturated heterocycles. The van der Waals surface area contributed by atoms with Crippen molar-refractivity contribution in [3.63, 3.8) is 0 Å². The Morgan fingerprint density at radius 1 is 1.26 bits per heavy atom. The Labute approximate surface area is 319 Å². The molecule has 0 spiro atoms. The molecule has 0 aromatic carbocycles. The molecule has 53 heavy (non-hydrogen) atoms. The summed E-state index contributed by atoms with van der Waals surface area (Å²) in [5, 5.41) is 28.5. The molecule has 0 radical (unpaired) electrons. The molecular formula is C39H59N9O4S. The number of hydrogen-bond acceptors (Lipinski definition) is 13. The summed E-state index contributed by atoms with van der Waals surface area (Å²) < 4.78 is 11.9. The normalized spacial score (nSPS) is 17.6. The first-order valence-electron chi connectivity index (χ1n) is 18.9. The van der Waals surface area contributed by atoms with E-state index in [-0.39, 0.29) is 30.5 Å². The van der Waals surface area contributed by atoms with Crippen molar-refractivity contribution in [2.24, 2.45) is 10.7 Å². The number of aliphatic hydroxyl groups is 1. The summed E-state index contributed by atoms with van der Waals surface area (Å²) in [6.07, 6.45) is 12.8. The summed E-state index contributed by atoms with van der Waals surface area (Å²) in [4.78, 5) is 29.8. The van der Waals surface area contributed by atoms with Crippen molar-refractivity contribution in [3.05, 3.63) is 45.7 Å². The van der Waals surface area contributed by atoms with Gasteiger partial charge in [0.25, 0.3) is 0 Å². The van der Waals surface area contributed by atoms with Gasteiger partial charge >= 0.3 is 0 Å². The van der Waals surface area contributed by atoms with Crippen LogP contribution >= 0.6 is 11.3 Å².